The summed E-state index contributed by atoms with van der Waals surface area (Å²) in [6.07, 6.45) is 4.78. The average molecular weight is 345 g/mol. The monoisotopic (exact) mass is 345 g/mol. The summed E-state index contributed by atoms with van der Waals surface area (Å²) in [5, 5.41) is 7.38. The van der Waals surface area contributed by atoms with E-state index in [1.165, 1.54) is 24.8 Å². The van der Waals surface area contributed by atoms with Crippen molar-refractivity contribution in [1.82, 2.24) is 15.5 Å². The number of rotatable bonds is 6. The molecule has 1 aliphatic carbocycles. The second-order valence-corrected chi connectivity index (χ2v) is 7.44. The van der Waals surface area contributed by atoms with Gasteiger partial charge >= 0.3 is 0 Å². The predicted molar refractivity (Wildman–Crippen MR) is 99.9 cm³/mol. The van der Waals surface area contributed by atoms with Crippen LogP contribution in [0, 0.1) is 5.92 Å². The molecule has 25 heavy (non-hydrogen) atoms. The number of carbonyl (C=O) groups excluding carboxylic acids is 1. The highest BCUT2D eigenvalue weighted by Gasteiger charge is 2.34. The van der Waals surface area contributed by atoms with E-state index in [-0.39, 0.29) is 5.91 Å². The number of ether oxygens (including phenoxy) is 1. The van der Waals surface area contributed by atoms with Crippen molar-refractivity contribution in [3.8, 4) is 0 Å². The molecule has 3 atom stereocenters. The van der Waals surface area contributed by atoms with Gasteiger partial charge in [-0.05, 0) is 49.4 Å². The molecule has 3 rings (SSSR count). The van der Waals surface area contributed by atoms with Gasteiger partial charge in [0, 0.05) is 38.3 Å². The van der Waals surface area contributed by atoms with Crippen LogP contribution in [-0.4, -0.2) is 63.3 Å². The molecule has 138 valence electrons. The molecule has 5 nitrogen and oxygen atoms in total. The fourth-order valence-corrected chi connectivity index (χ4v) is 4.10. The SMILES string of the molecule is CN(C)C(=O)c1cccc(CCNC2CCCC2C2COCCN2)c1. The highest BCUT2D eigenvalue weighted by atomic mass is 16.5. The highest BCUT2D eigenvalue weighted by Crippen LogP contribution is 2.29. The lowest BCUT2D eigenvalue weighted by Gasteiger charge is -2.33. The minimum Gasteiger partial charge on any atom is -0.379 e. The van der Waals surface area contributed by atoms with Crippen LogP contribution in [0.4, 0.5) is 0 Å². The number of amides is 1. The van der Waals surface area contributed by atoms with Crippen LogP contribution in [-0.2, 0) is 11.2 Å². The van der Waals surface area contributed by atoms with Gasteiger partial charge in [-0.15, -0.1) is 0 Å². The third-order valence-corrected chi connectivity index (χ3v) is 5.44. The number of benzene rings is 1. The third-order valence-electron chi connectivity index (χ3n) is 5.44. The normalized spacial score (nSPS) is 26.6. The van der Waals surface area contributed by atoms with Gasteiger partial charge in [0.15, 0.2) is 0 Å². The zero-order valence-electron chi connectivity index (χ0n) is 15.5. The first-order valence-electron chi connectivity index (χ1n) is 9.50. The lowest BCUT2D eigenvalue weighted by atomic mass is 9.94. The summed E-state index contributed by atoms with van der Waals surface area (Å²) in [7, 11) is 3.58. The van der Waals surface area contributed by atoms with E-state index in [2.05, 4.69) is 16.7 Å². The van der Waals surface area contributed by atoms with Crippen LogP contribution in [0.25, 0.3) is 0 Å². The second kappa shape index (κ2) is 8.79. The minimum atomic E-state index is 0.0639. The Morgan fingerprint density at radius 3 is 3.00 bits per heavy atom. The molecular weight excluding hydrogens is 314 g/mol. The van der Waals surface area contributed by atoms with Gasteiger partial charge < -0.3 is 20.3 Å². The first kappa shape index (κ1) is 18.4. The van der Waals surface area contributed by atoms with Crippen molar-refractivity contribution in [3.05, 3.63) is 35.4 Å². The molecule has 1 aromatic rings. The van der Waals surface area contributed by atoms with E-state index >= 15 is 0 Å². The number of nitrogens with zero attached hydrogens (tertiary/aromatic N) is 1. The van der Waals surface area contributed by atoms with Crippen molar-refractivity contribution < 1.29 is 9.53 Å². The van der Waals surface area contributed by atoms with Crippen LogP contribution in [0.5, 0.6) is 0 Å². The molecule has 1 aromatic carbocycles. The Bertz CT molecular complexity index is 570. The lowest BCUT2D eigenvalue weighted by molar-refractivity contribution is 0.0526. The molecule has 3 unspecified atom stereocenters. The summed E-state index contributed by atoms with van der Waals surface area (Å²) >= 11 is 0. The van der Waals surface area contributed by atoms with Crippen molar-refractivity contribution in [1.29, 1.82) is 0 Å². The van der Waals surface area contributed by atoms with E-state index in [1.807, 2.05) is 18.2 Å². The molecule has 2 fully saturated rings. The Labute approximate surface area is 151 Å². The largest absolute Gasteiger partial charge is 0.379 e. The van der Waals surface area contributed by atoms with Crippen molar-refractivity contribution in [2.75, 3.05) is 40.4 Å². The van der Waals surface area contributed by atoms with Crippen LogP contribution in [0.3, 0.4) is 0 Å². The molecule has 1 saturated carbocycles. The summed E-state index contributed by atoms with van der Waals surface area (Å²) in [5.41, 5.74) is 1.98. The van der Waals surface area contributed by atoms with Gasteiger partial charge in [-0.1, -0.05) is 18.6 Å². The summed E-state index contributed by atoms with van der Waals surface area (Å²) in [5.74, 6) is 0.732. The minimum absolute atomic E-state index is 0.0639. The Hall–Kier alpha value is -1.43. The fourth-order valence-electron chi connectivity index (χ4n) is 4.10. The lowest BCUT2D eigenvalue weighted by Crippen LogP contribution is -2.51. The molecule has 1 amide bonds. The number of nitrogens with one attached hydrogen (secondary N) is 2. The average Bonchev–Trinajstić information content (AvgIpc) is 3.10. The Kier molecular flexibility index (Phi) is 6.45. The van der Waals surface area contributed by atoms with Crippen molar-refractivity contribution in [3.63, 3.8) is 0 Å². The fraction of sp³-hybridized carbons (Fsp3) is 0.650. The Morgan fingerprint density at radius 2 is 2.24 bits per heavy atom. The van der Waals surface area contributed by atoms with Crippen molar-refractivity contribution >= 4 is 5.91 Å². The van der Waals surface area contributed by atoms with Gasteiger partial charge in [-0.25, -0.2) is 0 Å². The van der Waals surface area contributed by atoms with Crippen LogP contribution in [0.15, 0.2) is 24.3 Å². The van der Waals surface area contributed by atoms with Gasteiger partial charge in [0.1, 0.15) is 0 Å². The van der Waals surface area contributed by atoms with Crippen LogP contribution in [0.2, 0.25) is 0 Å². The molecule has 1 heterocycles. The van der Waals surface area contributed by atoms with E-state index in [1.54, 1.807) is 19.0 Å². The summed E-state index contributed by atoms with van der Waals surface area (Å²) in [4.78, 5) is 13.7. The van der Waals surface area contributed by atoms with Crippen LogP contribution < -0.4 is 10.6 Å². The third kappa shape index (κ3) is 4.81. The molecule has 0 radical (unpaired) electrons. The van der Waals surface area contributed by atoms with Gasteiger partial charge in [0.25, 0.3) is 5.91 Å². The van der Waals surface area contributed by atoms with Gasteiger partial charge in [-0.2, -0.15) is 0 Å². The van der Waals surface area contributed by atoms with Crippen LogP contribution in [0.1, 0.15) is 35.2 Å². The molecular formula is C20H31N3O2. The van der Waals surface area contributed by atoms with Gasteiger partial charge in [0.05, 0.1) is 13.2 Å². The first-order chi connectivity index (χ1) is 12.1. The molecule has 5 heteroatoms. The van der Waals surface area contributed by atoms with Gasteiger partial charge in [0.2, 0.25) is 0 Å². The van der Waals surface area contributed by atoms with Crippen molar-refractivity contribution in [2.45, 2.75) is 37.8 Å². The number of hydrogen-bond donors (Lipinski definition) is 2. The molecule has 2 N–H and O–H groups in total. The number of morpholine rings is 1. The van der Waals surface area contributed by atoms with E-state index in [9.17, 15) is 4.79 Å². The molecule has 1 aliphatic heterocycles. The molecule has 0 aromatic heterocycles. The second-order valence-electron chi connectivity index (χ2n) is 7.44. The summed E-state index contributed by atoms with van der Waals surface area (Å²) < 4.78 is 5.65. The Morgan fingerprint density at radius 1 is 1.36 bits per heavy atom. The van der Waals surface area contributed by atoms with Gasteiger partial charge in [-0.3, -0.25) is 4.79 Å². The smallest absolute Gasteiger partial charge is 0.253 e. The maximum absolute atomic E-state index is 12.1. The van der Waals surface area contributed by atoms with E-state index < -0.39 is 0 Å². The zero-order chi connectivity index (χ0) is 17.6. The summed E-state index contributed by atoms with van der Waals surface area (Å²) in [6.45, 7) is 3.61. The molecule has 0 bridgehead atoms. The standard InChI is InChI=1S/C20H31N3O2/c1-23(2)20(24)16-6-3-5-15(13-16)9-10-21-18-8-4-7-17(18)19-14-25-12-11-22-19/h3,5-6,13,17-19,21-22H,4,7-12,14H2,1-2H3. The first-order valence-corrected chi connectivity index (χ1v) is 9.50. The number of carbonyl (C=O) groups is 1. The van der Waals surface area contributed by atoms with Crippen LogP contribution >= 0.6 is 0 Å². The van der Waals surface area contributed by atoms with E-state index in [4.69, 9.17) is 4.74 Å². The quantitative estimate of drug-likeness (QED) is 0.824. The van der Waals surface area contributed by atoms with Crippen molar-refractivity contribution in [2.24, 2.45) is 5.92 Å². The molecule has 2 aliphatic rings. The topological polar surface area (TPSA) is 53.6 Å². The Balaban J connectivity index is 1.50. The summed E-state index contributed by atoms with van der Waals surface area (Å²) in [6, 6.07) is 9.07. The van der Waals surface area contributed by atoms with E-state index in [0.717, 1.165) is 38.3 Å². The van der Waals surface area contributed by atoms with E-state index in [0.29, 0.717) is 18.0 Å². The molecule has 0 spiro atoms. The highest BCUT2D eigenvalue weighted by molar-refractivity contribution is 5.94. The molecule has 1 saturated heterocycles. The maximum atomic E-state index is 12.1. The predicted octanol–water partition coefficient (Wildman–Crippen LogP) is 1.68. The zero-order valence-corrected chi connectivity index (χ0v) is 15.5. The maximum Gasteiger partial charge on any atom is 0.253 e. The number of hydrogen-bond acceptors (Lipinski definition) is 4.